The lowest BCUT2D eigenvalue weighted by Gasteiger charge is -2.16. The topological polar surface area (TPSA) is 70.7 Å². The number of nitrogens with zero attached hydrogens (tertiary/aromatic N) is 2. The van der Waals surface area contributed by atoms with Gasteiger partial charge in [0.05, 0.1) is 6.04 Å². The molecule has 1 aromatic heterocycles. The largest absolute Gasteiger partial charge is 0.343 e. The average molecular weight is 258 g/mol. The molecule has 2 N–H and O–H groups in total. The molecule has 0 fully saturated rings. The van der Waals surface area contributed by atoms with Gasteiger partial charge in [0.1, 0.15) is 5.82 Å². The van der Waals surface area contributed by atoms with E-state index in [4.69, 9.17) is 0 Å². The molecule has 1 heterocycles. The van der Waals surface area contributed by atoms with Gasteiger partial charge in [0.25, 0.3) is 5.91 Å². The Hall–Kier alpha value is -2.17. The summed E-state index contributed by atoms with van der Waals surface area (Å²) in [6.07, 6.45) is 0. The third kappa shape index (κ3) is 2.99. The summed E-state index contributed by atoms with van der Waals surface area (Å²) in [6, 6.07) is 6.13. The first-order chi connectivity index (χ1) is 8.97. The van der Waals surface area contributed by atoms with Gasteiger partial charge in [-0.2, -0.15) is 0 Å². The van der Waals surface area contributed by atoms with Crippen LogP contribution in [0, 0.1) is 20.8 Å². The van der Waals surface area contributed by atoms with Crippen molar-refractivity contribution < 1.29 is 4.79 Å². The minimum Gasteiger partial charge on any atom is -0.343 e. The average Bonchev–Trinajstić information content (AvgIpc) is 2.79. The number of hydrogen-bond acceptors (Lipinski definition) is 3. The van der Waals surface area contributed by atoms with Crippen molar-refractivity contribution in [1.29, 1.82) is 0 Å². The standard InChI is InChI=1S/C14H18N4O/c1-8-5-6-9(2)12(7-8)10(3)15-14(19)13-16-11(4)17-18-13/h5-7,10H,1-4H3,(H,15,19)(H,16,17,18). The molecule has 0 spiro atoms. The van der Waals surface area contributed by atoms with Crippen LogP contribution in [-0.2, 0) is 0 Å². The van der Waals surface area contributed by atoms with Crippen molar-refractivity contribution in [2.45, 2.75) is 33.7 Å². The van der Waals surface area contributed by atoms with Gasteiger partial charge < -0.3 is 5.32 Å². The molecule has 0 radical (unpaired) electrons. The molecule has 0 saturated carbocycles. The van der Waals surface area contributed by atoms with Gasteiger partial charge in [-0.25, -0.2) is 4.98 Å². The van der Waals surface area contributed by atoms with E-state index in [1.807, 2.05) is 20.8 Å². The molecule has 19 heavy (non-hydrogen) atoms. The van der Waals surface area contributed by atoms with Gasteiger partial charge in [-0.05, 0) is 38.8 Å². The van der Waals surface area contributed by atoms with Crippen molar-refractivity contribution in [3.63, 3.8) is 0 Å². The van der Waals surface area contributed by atoms with Crippen molar-refractivity contribution in [2.75, 3.05) is 0 Å². The number of nitrogens with one attached hydrogen (secondary N) is 2. The molecule has 0 saturated heterocycles. The summed E-state index contributed by atoms with van der Waals surface area (Å²) < 4.78 is 0. The van der Waals surface area contributed by atoms with Crippen LogP contribution >= 0.6 is 0 Å². The molecule has 0 bridgehead atoms. The highest BCUT2D eigenvalue weighted by Crippen LogP contribution is 2.19. The van der Waals surface area contributed by atoms with Crippen LogP contribution in [0.2, 0.25) is 0 Å². The summed E-state index contributed by atoms with van der Waals surface area (Å²) in [5, 5.41) is 9.43. The lowest BCUT2D eigenvalue weighted by Crippen LogP contribution is -2.28. The maximum atomic E-state index is 12.0. The minimum atomic E-state index is -0.266. The molecule has 0 aliphatic heterocycles. The highest BCUT2D eigenvalue weighted by Gasteiger charge is 2.16. The van der Waals surface area contributed by atoms with Crippen LogP contribution in [-0.4, -0.2) is 21.1 Å². The number of carbonyl (C=O) groups is 1. The fourth-order valence-corrected chi connectivity index (χ4v) is 2.01. The van der Waals surface area contributed by atoms with Gasteiger partial charge >= 0.3 is 0 Å². The molecular weight excluding hydrogens is 240 g/mol. The van der Waals surface area contributed by atoms with E-state index >= 15 is 0 Å². The Morgan fingerprint density at radius 3 is 2.68 bits per heavy atom. The van der Waals surface area contributed by atoms with Crippen LogP contribution in [0.4, 0.5) is 0 Å². The second kappa shape index (κ2) is 5.22. The van der Waals surface area contributed by atoms with Crippen molar-refractivity contribution >= 4 is 5.91 Å². The fourth-order valence-electron chi connectivity index (χ4n) is 2.01. The SMILES string of the molecule is Cc1ccc(C)c(C(C)NC(=O)c2n[nH]c(C)n2)c1. The Balaban J connectivity index is 2.14. The molecule has 0 aliphatic rings. The smallest absolute Gasteiger partial charge is 0.291 e. The molecule has 2 aromatic rings. The number of carbonyl (C=O) groups excluding carboxylic acids is 1. The van der Waals surface area contributed by atoms with Crippen molar-refractivity contribution in [3.05, 3.63) is 46.5 Å². The third-order valence-electron chi connectivity index (χ3n) is 3.05. The fraction of sp³-hybridized carbons (Fsp3) is 0.357. The van der Waals surface area contributed by atoms with Crippen LogP contribution in [0.1, 0.15) is 46.1 Å². The van der Waals surface area contributed by atoms with Crippen molar-refractivity contribution in [2.24, 2.45) is 0 Å². The van der Waals surface area contributed by atoms with E-state index in [9.17, 15) is 4.79 Å². The van der Waals surface area contributed by atoms with E-state index in [1.165, 1.54) is 5.56 Å². The van der Waals surface area contributed by atoms with E-state index < -0.39 is 0 Å². The molecule has 1 aromatic carbocycles. The van der Waals surface area contributed by atoms with Crippen LogP contribution < -0.4 is 5.32 Å². The second-order valence-electron chi connectivity index (χ2n) is 4.80. The number of aryl methyl sites for hydroxylation is 3. The first kappa shape index (κ1) is 13.3. The molecule has 0 aliphatic carbocycles. The molecule has 2 rings (SSSR count). The van der Waals surface area contributed by atoms with Gasteiger partial charge in [-0.3, -0.25) is 9.89 Å². The third-order valence-corrected chi connectivity index (χ3v) is 3.05. The van der Waals surface area contributed by atoms with Gasteiger partial charge in [-0.1, -0.05) is 23.8 Å². The molecule has 1 atom stereocenters. The summed E-state index contributed by atoms with van der Waals surface area (Å²) in [6.45, 7) is 7.79. The van der Waals surface area contributed by atoms with E-state index in [0.29, 0.717) is 5.82 Å². The van der Waals surface area contributed by atoms with E-state index in [-0.39, 0.29) is 17.8 Å². The van der Waals surface area contributed by atoms with Crippen LogP contribution in [0.15, 0.2) is 18.2 Å². The first-order valence-corrected chi connectivity index (χ1v) is 6.24. The van der Waals surface area contributed by atoms with E-state index in [2.05, 4.69) is 38.7 Å². The molecule has 5 nitrogen and oxygen atoms in total. The van der Waals surface area contributed by atoms with Crippen LogP contribution in [0.3, 0.4) is 0 Å². The normalized spacial score (nSPS) is 12.2. The Kier molecular flexibility index (Phi) is 3.64. The van der Waals surface area contributed by atoms with E-state index in [0.717, 1.165) is 11.1 Å². The number of rotatable bonds is 3. The molecule has 100 valence electrons. The highest BCUT2D eigenvalue weighted by molar-refractivity contribution is 5.90. The lowest BCUT2D eigenvalue weighted by molar-refractivity contribution is 0.0929. The van der Waals surface area contributed by atoms with Gasteiger partial charge in [0.15, 0.2) is 0 Å². The summed E-state index contributed by atoms with van der Waals surface area (Å²) in [4.78, 5) is 16.0. The monoisotopic (exact) mass is 258 g/mol. The Labute approximate surface area is 112 Å². The van der Waals surface area contributed by atoms with Crippen LogP contribution in [0.25, 0.3) is 0 Å². The molecular formula is C14H18N4O. The lowest BCUT2D eigenvalue weighted by atomic mass is 10.00. The quantitative estimate of drug-likeness (QED) is 0.886. The summed E-state index contributed by atoms with van der Waals surface area (Å²) >= 11 is 0. The minimum absolute atomic E-state index is 0.0776. The van der Waals surface area contributed by atoms with Crippen molar-refractivity contribution in [1.82, 2.24) is 20.5 Å². The number of aromatic amines is 1. The zero-order valence-corrected chi connectivity index (χ0v) is 11.6. The predicted octanol–water partition coefficient (Wildman–Crippen LogP) is 2.22. The molecule has 1 amide bonds. The Morgan fingerprint density at radius 1 is 1.32 bits per heavy atom. The Bertz CT molecular complexity index is 603. The van der Waals surface area contributed by atoms with Crippen LogP contribution in [0.5, 0.6) is 0 Å². The van der Waals surface area contributed by atoms with Crippen molar-refractivity contribution in [3.8, 4) is 0 Å². The van der Waals surface area contributed by atoms with Gasteiger partial charge in [-0.15, -0.1) is 5.10 Å². The van der Waals surface area contributed by atoms with Gasteiger partial charge in [0.2, 0.25) is 5.82 Å². The maximum absolute atomic E-state index is 12.0. The van der Waals surface area contributed by atoms with Gasteiger partial charge in [0, 0.05) is 0 Å². The first-order valence-electron chi connectivity index (χ1n) is 6.24. The number of hydrogen-bond donors (Lipinski definition) is 2. The summed E-state index contributed by atoms with van der Waals surface area (Å²) in [7, 11) is 0. The number of benzene rings is 1. The van der Waals surface area contributed by atoms with E-state index in [1.54, 1.807) is 6.92 Å². The molecule has 5 heteroatoms. The summed E-state index contributed by atoms with van der Waals surface area (Å²) in [5.74, 6) is 0.539. The maximum Gasteiger partial charge on any atom is 0.291 e. The number of H-pyrrole nitrogens is 1. The number of aromatic nitrogens is 3. The zero-order valence-electron chi connectivity index (χ0n) is 11.6. The zero-order chi connectivity index (χ0) is 14.0. The number of amides is 1. The second-order valence-corrected chi connectivity index (χ2v) is 4.80. The summed E-state index contributed by atoms with van der Waals surface area (Å²) in [5.41, 5.74) is 3.45. The molecule has 1 unspecified atom stereocenters. The Morgan fingerprint density at radius 2 is 2.05 bits per heavy atom. The highest BCUT2D eigenvalue weighted by atomic mass is 16.2. The predicted molar refractivity (Wildman–Crippen MR) is 72.9 cm³/mol.